The number of allylic oxidation sites excluding steroid dienone is 1. The van der Waals surface area contributed by atoms with Crippen molar-refractivity contribution in [2.45, 2.75) is 38.6 Å². The number of aromatic carboxylic acids is 1. The Kier molecular flexibility index (Phi) is 4.87. The molecule has 0 unspecified atom stereocenters. The van der Waals surface area contributed by atoms with Crippen LogP contribution in [0.4, 0.5) is 0 Å². The molecule has 1 aromatic heterocycles. The van der Waals surface area contributed by atoms with Gasteiger partial charge in [0.25, 0.3) is 0 Å². The third-order valence-electron chi connectivity index (χ3n) is 3.30. The van der Waals surface area contributed by atoms with Gasteiger partial charge in [0.2, 0.25) is 5.91 Å². The van der Waals surface area contributed by atoms with Crippen LogP contribution in [0.1, 0.15) is 48.2 Å². The second-order valence-corrected chi connectivity index (χ2v) is 4.90. The summed E-state index contributed by atoms with van der Waals surface area (Å²) < 4.78 is 0. The number of nitrogens with one attached hydrogen (secondary N) is 1. The van der Waals surface area contributed by atoms with Crippen molar-refractivity contribution in [3.05, 3.63) is 41.2 Å². The molecule has 2 rings (SSSR count). The zero-order chi connectivity index (χ0) is 14.4. The maximum Gasteiger partial charge on any atom is 0.335 e. The standard InChI is InChI=1S/C15H18N2O3/c18-14(8-11-4-2-1-3-5-11)17-10-13-9-12(15(19)20)6-7-16-13/h4,6-7,9H,1-3,5,8,10H2,(H,17,18)(H,19,20). The Morgan fingerprint density at radius 3 is 2.90 bits per heavy atom. The molecule has 1 aromatic rings. The number of nitrogens with zero attached hydrogens (tertiary/aromatic N) is 1. The SMILES string of the molecule is O=C(CC1=CCCCC1)NCc1cc(C(=O)O)ccn1. The summed E-state index contributed by atoms with van der Waals surface area (Å²) in [6, 6.07) is 2.91. The molecule has 106 valence electrons. The van der Waals surface area contributed by atoms with Crippen LogP contribution in [0.25, 0.3) is 0 Å². The zero-order valence-corrected chi connectivity index (χ0v) is 11.3. The van der Waals surface area contributed by atoms with Crippen molar-refractivity contribution < 1.29 is 14.7 Å². The van der Waals surface area contributed by atoms with Crippen molar-refractivity contribution in [2.75, 3.05) is 0 Å². The smallest absolute Gasteiger partial charge is 0.335 e. The fraction of sp³-hybridized carbons (Fsp3) is 0.400. The van der Waals surface area contributed by atoms with Crippen LogP contribution >= 0.6 is 0 Å². The lowest BCUT2D eigenvalue weighted by Crippen LogP contribution is -2.23. The third-order valence-corrected chi connectivity index (χ3v) is 3.30. The molecule has 0 saturated carbocycles. The van der Waals surface area contributed by atoms with Gasteiger partial charge in [0, 0.05) is 12.6 Å². The number of rotatable bonds is 5. The molecule has 0 aromatic carbocycles. The van der Waals surface area contributed by atoms with E-state index in [0.29, 0.717) is 12.1 Å². The van der Waals surface area contributed by atoms with E-state index in [4.69, 9.17) is 5.11 Å². The number of carboxylic acid groups (broad SMARTS) is 1. The average Bonchev–Trinajstić information content (AvgIpc) is 2.46. The molecular weight excluding hydrogens is 256 g/mol. The van der Waals surface area contributed by atoms with E-state index in [1.54, 1.807) is 0 Å². The van der Waals surface area contributed by atoms with Crippen LogP contribution in [0.5, 0.6) is 0 Å². The van der Waals surface area contributed by atoms with Gasteiger partial charge < -0.3 is 10.4 Å². The summed E-state index contributed by atoms with van der Waals surface area (Å²) in [5.41, 5.74) is 1.93. The number of carbonyl (C=O) groups excluding carboxylic acids is 1. The maximum absolute atomic E-state index is 11.8. The fourth-order valence-corrected chi connectivity index (χ4v) is 2.23. The predicted molar refractivity (Wildman–Crippen MR) is 74.2 cm³/mol. The molecule has 1 aliphatic rings. The van der Waals surface area contributed by atoms with Gasteiger partial charge in [-0.15, -0.1) is 0 Å². The Bertz CT molecular complexity index is 538. The van der Waals surface area contributed by atoms with E-state index in [1.165, 1.54) is 30.3 Å². The molecule has 20 heavy (non-hydrogen) atoms. The first kappa shape index (κ1) is 14.2. The summed E-state index contributed by atoms with van der Waals surface area (Å²) in [6.45, 7) is 0.257. The summed E-state index contributed by atoms with van der Waals surface area (Å²) in [7, 11) is 0. The molecule has 1 aliphatic carbocycles. The highest BCUT2D eigenvalue weighted by molar-refractivity contribution is 5.87. The summed E-state index contributed by atoms with van der Waals surface area (Å²) in [5.74, 6) is -1.03. The second kappa shape index (κ2) is 6.84. The quantitative estimate of drug-likeness (QED) is 0.807. The van der Waals surface area contributed by atoms with Crippen molar-refractivity contribution >= 4 is 11.9 Å². The van der Waals surface area contributed by atoms with Gasteiger partial charge in [-0.1, -0.05) is 11.6 Å². The second-order valence-electron chi connectivity index (χ2n) is 4.90. The van der Waals surface area contributed by atoms with Gasteiger partial charge in [-0.05, 0) is 37.8 Å². The van der Waals surface area contributed by atoms with Crippen LogP contribution < -0.4 is 5.32 Å². The van der Waals surface area contributed by atoms with Gasteiger partial charge in [0.1, 0.15) is 0 Å². The summed E-state index contributed by atoms with van der Waals surface area (Å²) >= 11 is 0. The molecule has 0 radical (unpaired) electrons. The van der Waals surface area contributed by atoms with E-state index >= 15 is 0 Å². The number of amides is 1. The van der Waals surface area contributed by atoms with Gasteiger partial charge >= 0.3 is 5.97 Å². The molecule has 0 spiro atoms. The number of carboxylic acids is 1. The van der Waals surface area contributed by atoms with Gasteiger partial charge in [0.05, 0.1) is 17.8 Å². The Morgan fingerprint density at radius 1 is 1.35 bits per heavy atom. The van der Waals surface area contributed by atoms with Gasteiger partial charge in [-0.2, -0.15) is 0 Å². The van der Waals surface area contributed by atoms with E-state index in [0.717, 1.165) is 19.3 Å². The molecule has 1 heterocycles. The minimum absolute atomic E-state index is 0.0410. The van der Waals surface area contributed by atoms with E-state index in [-0.39, 0.29) is 18.0 Å². The number of aromatic nitrogens is 1. The summed E-state index contributed by atoms with van der Waals surface area (Å²) in [6.07, 6.45) is 8.43. The minimum atomic E-state index is -0.993. The first-order chi connectivity index (χ1) is 9.65. The van der Waals surface area contributed by atoms with E-state index in [1.807, 2.05) is 0 Å². The van der Waals surface area contributed by atoms with Crippen molar-refractivity contribution in [1.29, 1.82) is 0 Å². The monoisotopic (exact) mass is 274 g/mol. The largest absolute Gasteiger partial charge is 0.478 e. The van der Waals surface area contributed by atoms with Crippen LogP contribution in [0.15, 0.2) is 30.0 Å². The first-order valence-corrected chi connectivity index (χ1v) is 6.78. The van der Waals surface area contributed by atoms with Crippen LogP contribution in [-0.4, -0.2) is 22.0 Å². The van der Waals surface area contributed by atoms with Gasteiger partial charge in [-0.3, -0.25) is 9.78 Å². The number of hydrogen-bond acceptors (Lipinski definition) is 3. The Morgan fingerprint density at radius 2 is 2.20 bits per heavy atom. The highest BCUT2D eigenvalue weighted by atomic mass is 16.4. The summed E-state index contributed by atoms with van der Waals surface area (Å²) in [4.78, 5) is 26.7. The highest BCUT2D eigenvalue weighted by Crippen LogP contribution is 2.19. The van der Waals surface area contributed by atoms with E-state index in [2.05, 4.69) is 16.4 Å². The molecule has 0 atom stereocenters. The number of pyridine rings is 1. The van der Waals surface area contributed by atoms with Gasteiger partial charge in [0.15, 0.2) is 0 Å². The Hall–Kier alpha value is -2.17. The minimum Gasteiger partial charge on any atom is -0.478 e. The maximum atomic E-state index is 11.8. The van der Waals surface area contributed by atoms with Gasteiger partial charge in [-0.25, -0.2) is 4.79 Å². The predicted octanol–water partition coefficient (Wildman–Crippen LogP) is 2.29. The Balaban J connectivity index is 1.85. The fourth-order valence-electron chi connectivity index (χ4n) is 2.23. The van der Waals surface area contributed by atoms with Crippen LogP contribution in [0.3, 0.4) is 0 Å². The van der Waals surface area contributed by atoms with Crippen molar-refractivity contribution in [3.63, 3.8) is 0 Å². The Labute approximate surface area is 117 Å². The molecule has 0 fully saturated rings. The molecular formula is C15H18N2O3. The third kappa shape index (κ3) is 4.19. The van der Waals surface area contributed by atoms with Crippen molar-refractivity contribution in [1.82, 2.24) is 10.3 Å². The molecule has 1 amide bonds. The van der Waals surface area contributed by atoms with Crippen LogP contribution in [0, 0.1) is 0 Å². The topological polar surface area (TPSA) is 79.3 Å². The van der Waals surface area contributed by atoms with Crippen molar-refractivity contribution in [2.24, 2.45) is 0 Å². The normalized spacial score (nSPS) is 14.5. The lowest BCUT2D eigenvalue weighted by molar-refractivity contribution is -0.120. The summed E-state index contributed by atoms with van der Waals surface area (Å²) in [5, 5.41) is 11.7. The lowest BCUT2D eigenvalue weighted by atomic mass is 9.97. The molecule has 5 nitrogen and oxygen atoms in total. The van der Waals surface area contributed by atoms with E-state index in [9.17, 15) is 9.59 Å². The van der Waals surface area contributed by atoms with Crippen LogP contribution in [-0.2, 0) is 11.3 Å². The van der Waals surface area contributed by atoms with Crippen molar-refractivity contribution in [3.8, 4) is 0 Å². The zero-order valence-electron chi connectivity index (χ0n) is 11.3. The molecule has 0 saturated heterocycles. The van der Waals surface area contributed by atoms with Crippen LogP contribution in [0.2, 0.25) is 0 Å². The molecule has 5 heteroatoms. The number of hydrogen-bond donors (Lipinski definition) is 2. The number of carbonyl (C=O) groups is 2. The average molecular weight is 274 g/mol. The van der Waals surface area contributed by atoms with E-state index < -0.39 is 5.97 Å². The highest BCUT2D eigenvalue weighted by Gasteiger charge is 2.10. The lowest BCUT2D eigenvalue weighted by Gasteiger charge is -2.12. The first-order valence-electron chi connectivity index (χ1n) is 6.78. The molecule has 2 N–H and O–H groups in total. The molecule has 0 aliphatic heterocycles. The molecule has 0 bridgehead atoms.